The fraction of sp³-hybridized carbons (Fsp3) is 0.355. The van der Waals surface area contributed by atoms with E-state index in [-0.39, 0.29) is 29.0 Å². The summed E-state index contributed by atoms with van der Waals surface area (Å²) < 4.78 is 35.3. The van der Waals surface area contributed by atoms with Gasteiger partial charge in [0.05, 0.1) is 17.2 Å². The van der Waals surface area contributed by atoms with Crippen molar-refractivity contribution in [3.8, 4) is 5.75 Å². The number of amides is 2. The monoisotopic (exact) mass is 677 g/mol. The molecule has 0 aliphatic rings. The molecule has 0 saturated heterocycles. The average molecular weight is 679 g/mol. The predicted molar refractivity (Wildman–Crippen MR) is 170 cm³/mol. The van der Waals surface area contributed by atoms with E-state index in [0.29, 0.717) is 40.4 Å². The normalized spacial score (nSPS) is 12.1. The van der Waals surface area contributed by atoms with Gasteiger partial charge < -0.3 is 15.0 Å². The minimum Gasteiger partial charge on any atom is -0.494 e. The molecular formula is C31H37BrClN3O5S. The lowest BCUT2D eigenvalue weighted by Gasteiger charge is -2.33. The number of carbonyl (C=O) groups is 2. The van der Waals surface area contributed by atoms with Gasteiger partial charge in [-0.25, -0.2) is 8.42 Å². The first kappa shape index (κ1) is 33.4. The third kappa shape index (κ3) is 8.72. The molecule has 2 amide bonds. The van der Waals surface area contributed by atoms with E-state index in [1.807, 2.05) is 27.7 Å². The van der Waals surface area contributed by atoms with Gasteiger partial charge >= 0.3 is 0 Å². The van der Waals surface area contributed by atoms with Crippen LogP contribution >= 0.6 is 27.5 Å². The van der Waals surface area contributed by atoms with Gasteiger partial charge in [0.2, 0.25) is 11.8 Å². The van der Waals surface area contributed by atoms with Gasteiger partial charge in [0.1, 0.15) is 18.3 Å². The van der Waals surface area contributed by atoms with Crippen molar-refractivity contribution in [3.63, 3.8) is 0 Å². The van der Waals surface area contributed by atoms with Crippen molar-refractivity contribution in [2.24, 2.45) is 5.92 Å². The first-order valence-corrected chi connectivity index (χ1v) is 16.4. The number of rotatable bonds is 14. The molecule has 11 heteroatoms. The van der Waals surface area contributed by atoms with E-state index in [4.69, 9.17) is 16.3 Å². The van der Waals surface area contributed by atoms with E-state index in [0.717, 1.165) is 4.31 Å². The van der Waals surface area contributed by atoms with E-state index in [2.05, 4.69) is 21.2 Å². The number of nitrogens with one attached hydrogen (secondary N) is 1. The number of hydrogen-bond donors (Lipinski definition) is 1. The van der Waals surface area contributed by atoms with Gasteiger partial charge in [0.25, 0.3) is 10.0 Å². The van der Waals surface area contributed by atoms with Crippen molar-refractivity contribution in [2.75, 3.05) is 24.0 Å². The molecule has 1 unspecified atom stereocenters. The van der Waals surface area contributed by atoms with Crippen LogP contribution in [0.3, 0.4) is 0 Å². The molecule has 42 heavy (non-hydrogen) atoms. The SMILES string of the molecule is CCOc1ccc(N(CC(=O)N(Cc2ccccc2Cl)C(CC)C(=O)NCC(C)C)S(=O)(=O)c2ccc(Br)cc2)cc1. The standard InChI is InChI=1S/C31H37BrClN3O5S/c1-5-29(31(38)34-19-22(3)4)35(20-23-9-7-8-10-28(23)33)30(37)21-36(25-13-15-26(16-14-25)41-6-2)42(39,40)27-17-11-24(32)12-18-27/h7-18,22,29H,5-6,19-21H2,1-4H3,(H,34,38). The summed E-state index contributed by atoms with van der Waals surface area (Å²) in [6, 6.07) is 18.9. The maximum absolute atomic E-state index is 14.2. The Morgan fingerprint density at radius 3 is 2.19 bits per heavy atom. The molecule has 0 heterocycles. The number of halogens is 2. The second-order valence-corrected chi connectivity index (χ2v) is 13.3. The molecule has 1 N–H and O–H groups in total. The Labute approximate surface area is 262 Å². The first-order valence-electron chi connectivity index (χ1n) is 13.8. The van der Waals surface area contributed by atoms with Gasteiger partial charge in [0.15, 0.2) is 0 Å². The van der Waals surface area contributed by atoms with E-state index in [1.165, 1.54) is 17.0 Å². The van der Waals surface area contributed by atoms with Gasteiger partial charge in [0, 0.05) is 22.6 Å². The van der Waals surface area contributed by atoms with Crippen LogP contribution in [0.5, 0.6) is 5.75 Å². The highest BCUT2D eigenvalue weighted by Crippen LogP contribution is 2.28. The molecule has 0 saturated carbocycles. The van der Waals surface area contributed by atoms with E-state index in [1.54, 1.807) is 60.7 Å². The zero-order valence-electron chi connectivity index (χ0n) is 24.2. The van der Waals surface area contributed by atoms with Crippen LogP contribution in [0.25, 0.3) is 0 Å². The Hall–Kier alpha value is -3.08. The summed E-state index contributed by atoms with van der Waals surface area (Å²) in [5, 5.41) is 3.36. The van der Waals surface area contributed by atoms with Crippen LogP contribution in [0.4, 0.5) is 5.69 Å². The second kappa shape index (κ2) is 15.4. The molecule has 3 rings (SSSR count). The number of anilines is 1. The van der Waals surface area contributed by atoms with Crippen LogP contribution in [-0.4, -0.2) is 50.9 Å². The molecule has 0 spiro atoms. The van der Waals surface area contributed by atoms with Crippen LogP contribution in [0.2, 0.25) is 5.02 Å². The van der Waals surface area contributed by atoms with E-state index in [9.17, 15) is 18.0 Å². The fourth-order valence-corrected chi connectivity index (χ4v) is 6.16. The maximum Gasteiger partial charge on any atom is 0.264 e. The summed E-state index contributed by atoms with van der Waals surface area (Å²) in [7, 11) is -4.18. The highest BCUT2D eigenvalue weighted by atomic mass is 79.9. The van der Waals surface area contributed by atoms with Crippen LogP contribution in [0, 0.1) is 5.92 Å². The summed E-state index contributed by atoms with van der Waals surface area (Å²) in [5.74, 6) is -0.0711. The number of carbonyl (C=O) groups excluding carboxylic acids is 2. The van der Waals surface area contributed by atoms with Gasteiger partial charge in [-0.15, -0.1) is 0 Å². The number of hydrogen-bond acceptors (Lipinski definition) is 5. The van der Waals surface area contributed by atoms with Crippen LogP contribution in [0.15, 0.2) is 82.2 Å². The Morgan fingerprint density at radius 2 is 1.62 bits per heavy atom. The van der Waals surface area contributed by atoms with Gasteiger partial charge in [-0.05, 0) is 79.4 Å². The largest absolute Gasteiger partial charge is 0.494 e. The van der Waals surface area contributed by atoms with Crippen molar-refractivity contribution in [3.05, 3.63) is 87.9 Å². The molecule has 0 fully saturated rings. The van der Waals surface area contributed by atoms with Crippen molar-refractivity contribution in [1.29, 1.82) is 0 Å². The maximum atomic E-state index is 14.2. The van der Waals surface area contributed by atoms with Crippen molar-refractivity contribution in [2.45, 2.75) is 51.6 Å². The molecule has 3 aromatic carbocycles. The molecule has 1 atom stereocenters. The Morgan fingerprint density at radius 1 is 0.976 bits per heavy atom. The number of sulfonamides is 1. The minimum absolute atomic E-state index is 0.0201. The average Bonchev–Trinajstić information content (AvgIpc) is 2.96. The molecule has 8 nitrogen and oxygen atoms in total. The Bertz CT molecular complexity index is 1450. The highest BCUT2D eigenvalue weighted by molar-refractivity contribution is 9.10. The molecule has 0 bridgehead atoms. The van der Waals surface area contributed by atoms with Crippen molar-refractivity contribution < 1.29 is 22.7 Å². The predicted octanol–water partition coefficient (Wildman–Crippen LogP) is 6.28. The van der Waals surface area contributed by atoms with Gasteiger partial charge in [-0.1, -0.05) is 66.5 Å². The summed E-state index contributed by atoms with van der Waals surface area (Å²) >= 11 is 9.79. The third-order valence-electron chi connectivity index (χ3n) is 6.49. The lowest BCUT2D eigenvalue weighted by atomic mass is 10.1. The van der Waals surface area contributed by atoms with Crippen LogP contribution in [-0.2, 0) is 26.2 Å². The number of nitrogens with zero attached hydrogens (tertiary/aromatic N) is 2. The van der Waals surface area contributed by atoms with E-state index >= 15 is 0 Å². The zero-order chi connectivity index (χ0) is 30.9. The smallest absolute Gasteiger partial charge is 0.264 e. The quantitative estimate of drug-likeness (QED) is 0.217. The lowest BCUT2D eigenvalue weighted by Crippen LogP contribution is -2.52. The molecule has 0 aromatic heterocycles. The first-order chi connectivity index (χ1) is 20.0. The van der Waals surface area contributed by atoms with Crippen molar-refractivity contribution >= 4 is 55.1 Å². The van der Waals surface area contributed by atoms with Gasteiger partial charge in [-0.3, -0.25) is 13.9 Å². The summed E-state index contributed by atoms with van der Waals surface area (Å²) in [5.41, 5.74) is 0.927. The molecule has 0 aliphatic carbocycles. The zero-order valence-corrected chi connectivity index (χ0v) is 27.4. The van der Waals surface area contributed by atoms with E-state index < -0.39 is 28.5 Å². The fourth-order valence-electron chi connectivity index (χ4n) is 4.29. The Kier molecular flexibility index (Phi) is 12.3. The van der Waals surface area contributed by atoms with Crippen LogP contribution in [0.1, 0.15) is 39.7 Å². The second-order valence-electron chi connectivity index (χ2n) is 10.1. The topological polar surface area (TPSA) is 96.0 Å². The number of benzene rings is 3. The summed E-state index contributed by atoms with van der Waals surface area (Å²) in [6.07, 6.45) is 0.322. The van der Waals surface area contributed by atoms with Gasteiger partial charge in [-0.2, -0.15) is 0 Å². The van der Waals surface area contributed by atoms with Crippen molar-refractivity contribution in [1.82, 2.24) is 10.2 Å². The molecule has 0 aliphatic heterocycles. The molecule has 0 radical (unpaired) electrons. The summed E-state index contributed by atoms with van der Waals surface area (Å²) in [4.78, 5) is 28.9. The number of ether oxygens (including phenoxy) is 1. The summed E-state index contributed by atoms with van der Waals surface area (Å²) in [6.45, 7) is 8.02. The molecular weight excluding hydrogens is 642 g/mol. The third-order valence-corrected chi connectivity index (χ3v) is 9.17. The highest BCUT2D eigenvalue weighted by Gasteiger charge is 2.34. The Balaban J connectivity index is 2.06. The van der Waals surface area contributed by atoms with Crippen LogP contribution < -0.4 is 14.4 Å². The molecule has 3 aromatic rings. The molecule has 226 valence electrons. The minimum atomic E-state index is -4.18. The lowest BCUT2D eigenvalue weighted by molar-refractivity contribution is -0.140.